The minimum atomic E-state index is 0.339. The predicted octanol–water partition coefficient (Wildman–Crippen LogP) is 3.46. The van der Waals surface area contributed by atoms with Crippen molar-refractivity contribution < 1.29 is 0 Å². The van der Waals surface area contributed by atoms with Crippen LogP contribution in [-0.4, -0.2) is 20.0 Å². The minimum Gasteiger partial charge on any atom is -0.336 e. The van der Waals surface area contributed by atoms with Gasteiger partial charge >= 0.3 is 0 Å². The van der Waals surface area contributed by atoms with Crippen LogP contribution in [-0.2, 0) is 0 Å². The number of aryl methyl sites for hydroxylation is 1. The molecular formula is C15H17N5. The van der Waals surface area contributed by atoms with Crippen LogP contribution in [0.25, 0.3) is 10.8 Å². The van der Waals surface area contributed by atoms with Crippen LogP contribution in [0.1, 0.15) is 25.6 Å². The summed E-state index contributed by atoms with van der Waals surface area (Å²) in [5, 5.41) is 18.3. The summed E-state index contributed by atoms with van der Waals surface area (Å²) in [5.74, 6) is 0.759. The van der Waals surface area contributed by atoms with Crippen molar-refractivity contribution in [2.24, 2.45) is 0 Å². The number of aromatic nitrogens is 4. The van der Waals surface area contributed by atoms with Crippen molar-refractivity contribution in [3.05, 3.63) is 42.4 Å². The van der Waals surface area contributed by atoms with Gasteiger partial charge in [-0.25, -0.2) is 0 Å². The Balaban J connectivity index is 2.00. The largest absolute Gasteiger partial charge is 0.336 e. The standard InChI is InChI=1S/C15H17N5/c1-10(2)20-9-12(8-16-20)17-15-14-7-5-4-6-13(14)11(3)18-19-15/h4-10H,1-3H3,(H,17,19). The molecule has 5 heteroatoms. The molecule has 3 rings (SSSR count). The second-order valence-electron chi connectivity index (χ2n) is 5.11. The monoisotopic (exact) mass is 267 g/mol. The minimum absolute atomic E-state index is 0.339. The van der Waals surface area contributed by atoms with E-state index in [1.807, 2.05) is 36.0 Å². The molecule has 0 aliphatic rings. The van der Waals surface area contributed by atoms with Gasteiger partial charge in [0.05, 0.1) is 17.6 Å². The molecule has 20 heavy (non-hydrogen) atoms. The summed E-state index contributed by atoms with van der Waals surface area (Å²) >= 11 is 0. The summed E-state index contributed by atoms with van der Waals surface area (Å²) in [7, 11) is 0. The molecule has 0 amide bonds. The average Bonchev–Trinajstić information content (AvgIpc) is 2.91. The lowest BCUT2D eigenvalue weighted by atomic mass is 10.1. The van der Waals surface area contributed by atoms with Crippen LogP contribution in [0.4, 0.5) is 11.5 Å². The number of hydrogen-bond donors (Lipinski definition) is 1. The number of benzene rings is 1. The number of rotatable bonds is 3. The van der Waals surface area contributed by atoms with Crippen LogP contribution in [0, 0.1) is 6.92 Å². The zero-order valence-electron chi connectivity index (χ0n) is 11.8. The molecule has 102 valence electrons. The molecule has 3 aromatic rings. The van der Waals surface area contributed by atoms with Crippen LogP contribution >= 0.6 is 0 Å². The molecule has 0 atom stereocenters. The molecule has 0 saturated carbocycles. The Morgan fingerprint density at radius 3 is 2.55 bits per heavy atom. The molecule has 1 N–H and O–H groups in total. The molecule has 0 saturated heterocycles. The first-order valence-electron chi connectivity index (χ1n) is 6.68. The third-order valence-corrected chi connectivity index (χ3v) is 3.27. The molecule has 2 aromatic heterocycles. The molecule has 0 radical (unpaired) electrons. The second-order valence-corrected chi connectivity index (χ2v) is 5.11. The Morgan fingerprint density at radius 1 is 1.10 bits per heavy atom. The van der Waals surface area contributed by atoms with Crippen molar-refractivity contribution in [3.8, 4) is 0 Å². The van der Waals surface area contributed by atoms with Crippen molar-refractivity contribution in [1.29, 1.82) is 0 Å². The lowest BCUT2D eigenvalue weighted by Gasteiger charge is -2.08. The van der Waals surface area contributed by atoms with E-state index in [1.165, 1.54) is 0 Å². The van der Waals surface area contributed by atoms with E-state index >= 15 is 0 Å². The highest BCUT2D eigenvalue weighted by Crippen LogP contribution is 2.25. The molecule has 0 aliphatic carbocycles. The van der Waals surface area contributed by atoms with Gasteiger partial charge in [-0.1, -0.05) is 24.3 Å². The molecule has 0 unspecified atom stereocenters. The van der Waals surface area contributed by atoms with E-state index in [4.69, 9.17) is 0 Å². The molecule has 0 fully saturated rings. The van der Waals surface area contributed by atoms with E-state index in [0.29, 0.717) is 6.04 Å². The van der Waals surface area contributed by atoms with Crippen LogP contribution in [0.15, 0.2) is 36.7 Å². The normalized spacial score (nSPS) is 11.2. The van der Waals surface area contributed by atoms with E-state index in [2.05, 4.69) is 40.5 Å². The molecular weight excluding hydrogens is 250 g/mol. The third-order valence-electron chi connectivity index (χ3n) is 3.27. The van der Waals surface area contributed by atoms with Gasteiger partial charge in [-0.15, -0.1) is 5.10 Å². The SMILES string of the molecule is Cc1nnc(Nc2cnn(C(C)C)c2)c2ccccc12. The summed E-state index contributed by atoms with van der Waals surface area (Å²) in [4.78, 5) is 0. The molecule has 5 nitrogen and oxygen atoms in total. The van der Waals surface area contributed by atoms with Crippen LogP contribution in [0.3, 0.4) is 0 Å². The zero-order chi connectivity index (χ0) is 14.1. The summed E-state index contributed by atoms with van der Waals surface area (Å²) in [5.41, 5.74) is 1.85. The Bertz CT molecular complexity index is 745. The maximum Gasteiger partial charge on any atom is 0.161 e. The van der Waals surface area contributed by atoms with Gasteiger partial charge in [0.15, 0.2) is 5.82 Å². The Kier molecular flexibility index (Phi) is 3.10. The number of nitrogens with zero attached hydrogens (tertiary/aromatic N) is 4. The van der Waals surface area contributed by atoms with Gasteiger partial charge in [-0.3, -0.25) is 4.68 Å². The second kappa shape index (κ2) is 4.92. The van der Waals surface area contributed by atoms with E-state index < -0.39 is 0 Å². The fraction of sp³-hybridized carbons (Fsp3) is 0.267. The van der Waals surface area contributed by atoms with Gasteiger partial charge in [-0.2, -0.15) is 10.2 Å². The smallest absolute Gasteiger partial charge is 0.161 e. The van der Waals surface area contributed by atoms with Crippen molar-refractivity contribution in [3.63, 3.8) is 0 Å². The molecule has 0 aliphatic heterocycles. The van der Waals surface area contributed by atoms with E-state index in [1.54, 1.807) is 6.20 Å². The first-order chi connectivity index (χ1) is 9.65. The van der Waals surface area contributed by atoms with Crippen molar-refractivity contribution in [2.45, 2.75) is 26.8 Å². The Labute approximate surface area is 117 Å². The quantitative estimate of drug-likeness (QED) is 0.789. The maximum atomic E-state index is 4.32. The maximum absolute atomic E-state index is 4.32. The van der Waals surface area contributed by atoms with Gasteiger partial charge in [0, 0.05) is 23.0 Å². The molecule has 0 bridgehead atoms. The lowest BCUT2D eigenvalue weighted by Crippen LogP contribution is -2.00. The number of anilines is 2. The summed E-state index contributed by atoms with van der Waals surface area (Å²) in [6.07, 6.45) is 3.78. The number of nitrogens with one attached hydrogen (secondary N) is 1. The van der Waals surface area contributed by atoms with Crippen LogP contribution in [0.5, 0.6) is 0 Å². The molecule has 2 heterocycles. The van der Waals surface area contributed by atoms with E-state index in [0.717, 1.165) is 28.0 Å². The van der Waals surface area contributed by atoms with Gasteiger partial charge in [-0.05, 0) is 20.8 Å². The summed E-state index contributed by atoms with van der Waals surface area (Å²) in [6.45, 7) is 6.16. The van der Waals surface area contributed by atoms with Crippen molar-refractivity contribution in [2.75, 3.05) is 5.32 Å². The molecule has 0 spiro atoms. The first kappa shape index (κ1) is 12.6. The predicted molar refractivity (Wildman–Crippen MR) is 80.2 cm³/mol. The highest BCUT2D eigenvalue weighted by atomic mass is 15.3. The third kappa shape index (κ3) is 2.22. The van der Waals surface area contributed by atoms with E-state index in [-0.39, 0.29) is 0 Å². The fourth-order valence-electron chi connectivity index (χ4n) is 2.15. The number of fused-ring (bicyclic) bond motifs is 1. The molecule has 1 aromatic carbocycles. The van der Waals surface area contributed by atoms with Crippen LogP contribution < -0.4 is 5.32 Å². The number of hydrogen-bond acceptors (Lipinski definition) is 4. The van der Waals surface area contributed by atoms with Crippen molar-refractivity contribution in [1.82, 2.24) is 20.0 Å². The topological polar surface area (TPSA) is 55.6 Å². The summed E-state index contributed by atoms with van der Waals surface area (Å²) in [6, 6.07) is 8.46. The average molecular weight is 267 g/mol. The first-order valence-corrected chi connectivity index (χ1v) is 6.68. The van der Waals surface area contributed by atoms with Gasteiger partial charge in [0.1, 0.15) is 0 Å². The highest BCUT2D eigenvalue weighted by molar-refractivity contribution is 5.94. The van der Waals surface area contributed by atoms with Gasteiger partial charge in [0.25, 0.3) is 0 Å². The fourth-order valence-corrected chi connectivity index (χ4v) is 2.15. The van der Waals surface area contributed by atoms with Gasteiger partial charge < -0.3 is 5.32 Å². The van der Waals surface area contributed by atoms with E-state index in [9.17, 15) is 0 Å². The zero-order valence-corrected chi connectivity index (χ0v) is 11.8. The van der Waals surface area contributed by atoms with Crippen LogP contribution in [0.2, 0.25) is 0 Å². The van der Waals surface area contributed by atoms with Crippen molar-refractivity contribution >= 4 is 22.3 Å². The Morgan fingerprint density at radius 2 is 1.85 bits per heavy atom. The summed E-state index contributed by atoms with van der Waals surface area (Å²) < 4.78 is 1.91. The highest BCUT2D eigenvalue weighted by Gasteiger charge is 2.08. The van der Waals surface area contributed by atoms with Gasteiger partial charge in [0.2, 0.25) is 0 Å². The lowest BCUT2D eigenvalue weighted by molar-refractivity contribution is 0.532. The Hall–Kier alpha value is -2.43.